The molecule has 0 radical (unpaired) electrons. The zero-order valence-corrected chi connectivity index (χ0v) is 7.84. The molecule has 0 bridgehead atoms. The van der Waals surface area contributed by atoms with Gasteiger partial charge in [0.1, 0.15) is 11.0 Å². The van der Waals surface area contributed by atoms with Gasteiger partial charge in [0, 0.05) is 0 Å². The van der Waals surface area contributed by atoms with Crippen LogP contribution in [0.15, 0.2) is 27.8 Å². The lowest BCUT2D eigenvalue weighted by molar-refractivity contribution is 0.157. The number of para-hydroxylation sites is 1. The molecule has 2 aromatic rings. The van der Waals surface area contributed by atoms with E-state index >= 15 is 0 Å². The number of hydrogen-bond donors (Lipinski definition) is 2. The first-order valence-electron chi connectivity index (χ1n) is 4.20. The van der Waals surface area contributed by atoms with Gasteiger partial charge in [0.05, 0.1) is 0 Å². The summed E-state index contributed by atoms with van der Waals surface area (Å²) in [5, 5.41) is 18.8. The highest BCUT2D eigenvalue weighted by Crippen LogP contribution is 2.13. The average Bonchev–Trinajstić information content (AvgIpc) is 2.23. The van der Waals surface area contributed by atoms with E-state index in [0.717, 1.165) is 0 Å². The van der Waals surface area contributed by atoms with Crippen molar-refractivity contribution in [3.8, 4) is 0 Å². The highest BCUT2D eigenvalue weighted by molar-refractivity contribution is 5.78. The Bertz CT molecular complexity index is 653. The van der Waals surface area contributed by atoms with Gasteiger partial charge in [-0.2, -0.15) is 0 Å². The number of hydrogen-bond acceptors (Lipinski definition) is 4. The molecule has 0 amide bonds. The maximum Gasteiger partial charge on any atom is 0.352 e. The number of aromatic nitrogens is 2. The Kier molecular flexibility index (Phi) is 1.79. The second-order valence-corrected chi connectivity index (χ2v) is 3.18. The predicted molar refractivity (Wildman–Crippen MR) is 51.6 cm³/mol. The van der Waals surface area contributed by atoms with Gasteiger partial charge in [-0.1, -0.05) is 12.1 Å². The second kappa shape index (κ2) is 2.88. The summed E-state index contributed by atoms with van der Waals surface area (Å²) >= 11 is 0. The minimum atomic E-state index is -1.18. The maximum absolute atomic E-state index is 11.2. The van der Waals surface area contributed by atoms with Crippen LogP contribution in [0.2, 0.25) is 0 Å². The molecule has 1 heterocycles. The molecule has 2 N–H and O–H groups in total. The molecule has 0 saturated heterocycles. The SMILES string of the molecule is Cc1cccc2c1n(O)c(=O)c(=O)n2O. The lowest BCUT2D eigenvalue weighted by Gasteiger charge is -2.07. The first-order chi connectivity index (χ1) is 7.04. The van der Waals surface area contributed by atoms with Crippen molar-refractivity contribution < 1.29 is 10.4 Å². The summed E-state index contributed by atoms with van der Waals surface area (Å²) in [5.41, 5.74) is -1.59. The summed E-state index contributed by atoms with van der Waals surface area (Å²) in [6.45, 7) is 1.65. The number of nitrogens with zero attached hydrogens (tertiary/aromatic N) is 2. The summed E-state index contributed by atoms with van der Waals surface area (Å²) in [6.07, 6.45) is 0. The first-order valence-corrected chi connectivity index (χ1v) is 4.20. The molecule has 0 fully saturated rings. The normalized spacial score (nSPS) is 10.7. The fourth-order valence-corrected chi connectivity index (χ4v) is 1.48. The molecule has 0 atom stereocenters. The Hall–Kier alpha value is -2.24. The Balaban J connectivity index is 3.23. The van der Waals surface area contributed by atoms with Crippen LogP contribution in [0.4, 0.5) is 0 Å². The van der Waals surface area contributed by atoms with Crippen LogP contribution in [0.25, 0.3) is 11.0 Å². The molecule has 6 nitrogen and oxygen atoms in total. The van der Waals surface area contributed by atoms with Gasteiger partial charge >= 0.3 is 11.1 Å². The largest absolute Gasteiger partial charge is 0.425 e. The number of aryl methyl sites for hydroxylation is 1. The van der Waals surface area contributed by atoms with Crippen molar-refractivity contribution >= 4 is 11.0 Å². The van der Waals surface area contributed by atoms with Crippen molar-refractivity contribution in [2.24, 2.45) is 0 Å². The van der Waals surface area contributed by atoms with Gasteiger partial charge < -0.3 is 10.4 Å². The van der Waals surface area contributed by atoms with Crippen LogP contribution in [0.1, 0.15) is 5.56 Å². The van der Waals surface area contributed by atoms with E-state index in [1.807, 2.05) is 0 Å². The molecule has 6 heteroatoms. The van der Waals surface area contributed by atoms with E-state index < -0.39 is 11.1 Å². The third-order valence-electron chi connectivity index (χ3n) is 2.22. The number of fused-ring (bicyclic) bond motifs is 1. The average molecular weight is 208 g/mol. The van der Waals surface area contributed by atoms with Gasteiger partial charge in [0.2, 0.25) is 0 Å². The van der Waals surface area contributed by atoms with E-state index in [2.05, 4.69) is 0 Å². The maximum atomic E-state index is 11.2. The Morgan fingerprint density at radius 2 is 1.67 bits per heavy atom. The van der Waals surface area contributed by atoms with E-state index in [4.69, 9.17) is 0 Å². The lowest BCUT2D eigenvalue weighted by atomic mass is 10.2. The molecule has 0 saturated carbocycles. The van der Waals surface area contributed by atoms with Crippen LogP contribution in [0.5, 0.6) is 0 Å². The Morgan fingerprint density at radius 3 is 2.33 bits per heavy atom. The van der Waals surface area contributed by atoms with Crippen molar-refractivity contribution in [2.75, 3.05) is 0 Å². The van der Waals surface area contributed by atoms with Crippen LogP contribution in [-0.2, 0) is 0 Å². The Labute approximate surface area is 83.2 Å². The summed E-state index contributed by atoms with van der Waals surface area (Å²) in [6, 6.07) is 4.68. The van der Waals surface area contributed by atoms with E-state index in [-0.39, 0.29) is 20.5 Å². The van der Waals surface area contributed by atoms with Crippen LogP contribution in [-0.4, -0.2) is 19.9 Å². The zero-order valence-electron chi connectivity index (χ0n) is 7.84. The monoisotopic (exact) mass is 208 g/mol. The van der Waals surface area contributed by atoms with Crippen LogP contribution < -0.4 is 11.1 Å². The highest BCUT2D eigenvalue weighted by Gasteiger charge is 2.12. The highest BCUT2D eigenvalue weighted by atomic mass is 16.5. The predicted octanol–water partition coefficient (Wildman–Crippen LogP) is -0.0538. The summed E-state index contributed by atoms with van der Waals surface area (Å²) in [7, 11) is 0. The Morgan fingerprint density at radius 1 is 1.07 bits per heavy atom. The summed E-state index contributed by atoms with van der Waals surface area (Å²) < 4.78 is 0.483. The van der Waals surface area contributed by atoms with Crippen LogP contribution in [0, 0.1) is 6.92 Å². The van der Waals surface area contributed by atoms with Crippen molar-refractivity contribution in [2.45, 2.75) is 6.92 Å². The van der Waals surface area contributed by atoms with Gasteiger partial charge in [-0.05, 0) is 18.6 Å². The molecule has 0 aliphatic rings. The molecule has 0 aliphatic carbocycles. The summed E-state index contributed by atoms with van der Waals surface area (Å²) in [5.74, 6) is 0. The van der Waals surface area contributed by atoms with Gasteiger partial charge in [-0.15, -0.1) is 9.46 Å². The van der Waals surface area contributed by atoms with Crippen molar-refractivity contribution in [1.82, 2.24) is 9.46 Å². The van der Waals surface area contributed by atoms with Gasteiger partial charge in [-0.25, -0.2) is 0 Å². The second-order valence-electron chi connectivity index (χ2n) is 3.18. The molecule has 15 heavy (non-hydrogen) atoms. The van der Waals surface area contributed by atoms with E-state index in [0.29, 0.717) is 5.56 Å². The van der Waals surface area contributed by atoms with Crippen molar-refractivity contribution in [3.63, 3.8) is 0 Å². The molecular weight excluding hydrogens is 200 g/mol. The van der Waals surface area contributed by atoms with E-state index in [1.165, 1.54) is 6.07 Å². The zero-order chi connectivity index (χ0) is 11.2. The van der Waals surface area contributed by atoms with Gasteiger partial charge in [-0.3, -0.25) is 9.59 Å². The van der Waals surface area contributed by atoms with Gasteiger partial charge in [0.15, 0.2) is 0 Å². The van der Waals surface area contributed by atoms with Crippen molar-refractivity contribution in [1.29, 1.82) is 0 Å². The third kappa shape index (κ3) is 1.11. The number of rotatable bonds is 0. The standard InChI is InChI=1S/C9H8N2O4/c1-5-3-2-4-6-7(5)11(15)9(13)8(12)10(6)14/h2-4,14-15H,1H3. The van der Waals surface area contributed by atoms with Crippen LogP contribution in [0.3, 0.4) is 0 Å². The van der Waals surface area contributed by atoms with Crippen molar-refractivity contribution in [3.05, 3.63) is 44.5 Å². The molecule has 1 aromatic carbocycles. The molecular formula is C9H8N2O4. The lowest BCUT2D eigenvalue weighted by Crippen LogP contribution is -2.40. The quantitative estimate of drug-likeness (QED) is 0.469. The fourth-order valence-electron chi connectivity index (χ4n) is 1.48. The molecule has 2 rings (SSSR count). The minimum absolute atomic E-state index is 0.0853. The fraction of sp³-hybridized carbons (Fsp3) is 0.111. The molecule has 78 valence electrons. The van der Waals surface area contributed by atoms with Crippen LogP contribution >= 0.6 is 0 Å². The topological polar surface area (TPSA) is 84.5 Å². The third-order valence-corrected chi connectivity index (χ3v) is 2.22. The molecule has 0 spiro atoms. The summed E-state index contributed by atoms with van der Waals surface area (Å²) in [4.78, 5) is 22.3. The first kappa shape index (κ1) is 9.32. The van der Waals surface area contributed by atoms with E-state index in [9.17, 15) is 20.0 Å². The smallest absolute Gasteiger partial charge is 0.352 e. The van der Waals surface area contributed by atoms with Gasteiger partial charge in [0.25, 0.3) is 0 Å². The number of benzene rings is 1. The minimum Gasteiger partial charge on any atom is -0.425 e. The molecule has 1 aromatic heterocycles. The van der Waals surface area contributed by atoms with E-state index in [1.54, 1.807) is 19.1 Å². The molecule has 0 unspecified atom stereocenters. The molecule has 0 aliphatic heterocycles.